The molecule has 0 saturated heterocycles. The van der Waals surface area contributed by atoms with E-state index in [2.05, 4.69) is 66.3 Å². The maximum atomic E-state index is 6.19. The van der Waals surface area contributed by atoms with Crippen LogP contribution in [0.15, 0.2) is 66.7 Å². The summed E-state index contributed by atoms with van der Waals surface area (Å²) in [5.74, 6) is 0. The highest BCUT2D eigenvalue weighted by atomic mass is 35.5. The molecule has 1 unspecified atom stereocenters. The lowest BCUT2D eigenvalue weighted by Gasteiger charge is -2.28. The van der Waals surface area contributed by atoms with Crippen molar-refractivity contribution < 1.29 is 0 Å². The van der Waals surface area contributed by atoms with Crippen LogP contribution in [0.25, 0.3) is 5.57 Å². The summed E-state index contributed by atoms with van der Waals surface area (Å²) in [5, 5.41) is 9.45. The van der Waals surface area contributed by atoms with Crippen molar-refractivity contribution in [1.82, 2.24) is 20.0 Å². The topological polar surface area (TPSA) is 33.1 Å². The zero-order valence-electron chi connectivity index (χ0n) is 18.2. The summed E-state index contributed by atoms with van der Waals surface area (Å²) in [6, 6.07) is 8.48. The summed E-state index contributed by atoms with van der Waals surface area (Å²) in [6.07, 6.45) is 6.61. The van der Waals surface area contributed by atoms with Crippen LogP contribution in [0.3, 0.4) is 0 Å². The molecule has 0 spiro atoms. The van der Waals surface area contributed by atoms with Crippen LogP contribution < -0.4 is 5.32 Å². The van der Waals surface area contributed by atoms with E-state index < -0.39 is 0 Å². The third-order valence-electron chi connectivity index (χ3n) is 5.88. The quantitative estimate of drug-likeness (QED) is 0.609. The molecule has 5 heteroatoms. The van der Waals surface area contributed by atoms with Gasteiger partial charge in [-0.2, -0.15) is 5.10 Å². The highest BCUT2D eigenvalue weighted by Gasteiger charge is 2.32. The Balaban J connectivity index is 1.83. The van der Waals surface area contributed by atoms with Crippen LogP contribution in [0.1, 0.15) is 61.3 Å². The molecule has 2 heterocycles. The Morgan fingerprint density at radius 2 is 1.90 bits per heavy atom. The first kappa shape index (κ1) is 20.5. The Labute approximate surface area is 184 Å². The van der Waals surface area contributed by atoms with Gasteiger partial charge in [-0.15, -0.1) is 0 Å². The summed E-state index contributed by atoms with van der Waals surface area (Å²) in [7, 11) is 2.02. The fraction of sp³-hybridized carbons (Fsp3) is 0.320. The Bertz CT molecular complexity index is 1070. The number of benzene rings is 1. The minimum atomic E-state index is -0.0727. The molecule has 2 aromatic rings. The number of nitrogens with zero attached hydrogens (tertiary/aromatic N) is 3. The molecule has 0 bridgehead atoms. The van der Waals surface area contributed by atoms with E-state index in [1.54, 1.807) is 0 Å². The zero-order chi connectivity index (χ0) is 21.6. The summed E-state index contributed by atoms with van der Waals surface area (Å²) < 4.78 is 2.19. The number of hydrogen-bond donors (Lipinski definition) is 1. The van der Waals surface area contributed by atoms with E-state index in [9.17, 15) is 0 Å². The largest absolute Gasteiger partial charge is 0.373 e. The lowest BCUT2D eigenvalue weighted by atomic mass is 9.94. The molecular formula is C25H29ClN4. The van der Waals surface area contributed by atoms with E-state index in [0.29, 0.717) is 6.04 Å². The summed E-state index contributed by atoms with van der Waals surface area (Å²) in [4.78, 5) is 2.05. The molecule has 2 aliphatic rings. The van der Waals surface area contributed by atoms with Crippen molar-refractivity contribution in [2.24, 2.45) is 0 Å². The SMILES string of the molecule is C=C(C)c1nn(C2CC2)c(C)c1C(NC1=CN(C)C(=C)C(C)=C1)c1ccc(Cl)cc1. The first-order chi connectivity index (χ1) is 14.3. The predicted octanol–water partition coefficient (Wildman–Crippen LogP) is 6.14. The van der Waals surface area contributed by atoms with Gasteiger partial charge in [0.1, 0.15) is 0 Å². The first-order valence-corrected chi connectivity index (χ1v) is 10.7. The molecule has 1 saturated carbocycles. The first-order valence-electron chi connectivity index (χ1n) is 10.4. The number of likely N-dealkylation sites (N-methyl/N-ethyl adjacent to an activating group) is 1. The van der Waals surface area contributed by atoms with E-state index in [0.717, 1.165) is 38.8 Å². The molecule has 4 nitrogen and oxygen atoms in total. The van der Waals surface area contributed by atoms with Gasteiger partial charge in [-0.1, -0.05) is 36.9 Å². The molecule has 1 atom stereocenters. The second kappa shape index (κ2) is 7.84. The third-order valence-corrected chi connectivity index (χ3v) is 6.13. The van der Waals surface area contributed by atoms with E-state index in [1.807, 2.05) is 26.1 Å². The normalized spacial score (nSPS) is 17.5. The maximum Gasteiger partial charge on any atom is 0.0933 e. The van der Waals surface area contributed by atoms with Crippen LogP contribution in [0.2, 0.25) is 5.02 Å². The van der Waals surface area contributed by atoms with Crippen LogP contribution in [0.4, 0.5) is 0 Å². The van der Waals surface area contributed by atoms with Crippen molar-refractivity contribution in [3.05, 3.63) is 94.2 Å². The lowest BCUT2D eigenvalue weighted by Crippen LogP contribution is -2.26. The Morgan fingerprint density at radius 1 is 1.23 bits per heavy atom. The molecule has 0 radical (unpaired) electrons. The fourth-order valence-corrected chi connectivity index (χ4v) is 4.13. The third kappa shape index (κ3) is 3.84. The highest BCUT2D eigenvalue weighted by Crippen LogP contribution is 2.40. The maximum absolute atomic E-state index is 6.19. The van der Waals surface area contributed by atoms with Crippen molar-refractivity contribution in [3.8, 4) is 0 Å². The molecule has 156 valence electrons. The van der Waals surface area contributed by atoms with Crippen molar-refractivity contribution in [2.75, 3.05) is 7.05 Å². The summed E-state index contributed by atoms with van der Waals surface area (Å²) in [5.41, 5.74) is 8.64. The lowest BCUT2D eigenvalue weighted by molar-refractivity contribution is 0.553. The second-order valence-electron chi connectivity index (χ2n) is 8.40. The van der Waals surface area contributed by atoms with Gasteiger partial charge in [0.15, 0.2) is 0 Å². The minimum Gasteiger partial charge on any atom is -0.373 e. The Morgan fingerprint density at radius 3 is 2.47 bits per heavy atom. The fourth-order valence-electron chi connectivity index (χ4n) is 4.01. The van der Waals surface area contributed by atoms with Crippen LogP contribution in [0.5, 0.6) is 0 Å². The van der Waals surface area contributed by atoms with Crippen LogP contribution >= 0.6 is 11.6 Å². The van der Waals surface area contributed by atoms with Crippen LogP contribution in [0, 0.1) is 6.92 Å². The molecule has 4 rings (SSSR count). The number of rotatable bonds is 6. The van der Waals surface area contributed by atoms with Gasteiger partial charge in [-0.3, -0.25) is 4.68 Å². The number of aromatic nitrogens is 2. The second-order valence-corrected chi connectivity index (χ2v) is 8.84. The van der Waals surface area contributed by atoms with Gasteiger partial charge in [0, 0.05) is 35.2 Å². The zero-order valence-corrected chi connectivity index (χ0v) is 18.9. The molecule has 1 aromatic carbocycles. The molecule has 1 fully saturated rings. The monoisotopic (exact) mass is 420 g/mol. The van der Waals surface area contributed by atoms with Gasteiger partial charge in [0.2, 0.25) is 0 Å². The van der Waals surface area contributed by atoms with Gasteiger partial charge < -0.3 is 10.2 Å². The van der Waals surface area contributed by atoms with Gasteiger partial charge in [-0.25, -0.2) is 0 Å². The molecule has 30 heavy (non-hydrogen) atoms. The Hall–Kier alpha value is -2.72. The summed E-state index contributed by atoms with van der Waals surface area (Å²) in [6.45, 7) is 14.6. The van der Waals surface area contributed by atoms with E-state index >= 15 is 0 Å². The predicted molar refractivity (Wildman–Crippen MR) is 125 cm³/mol. The van der Waals surface area contributed by atoms with Crippen molar-refractivity contribution >= 4 is 17.2 Å². The number of nitrogens with one attached hydrogen (secondary N) is 1. The van der Waals surface area contributed by atoms with E-state index in [-0.39, 0.29) is 6.04 Å². The van der Waals surface area contributed by atoms with E-state index in [4.69, 9.17) is 16.7 Å². The average molecular weight is 421 g/mol. The molecular weight excluding hydrogens is 392 g/mol. The van der Waals surface area contributed by atoms with Gasteiger partial charge >= 0.3 is 0 Å². The standard InChI is InChI=1S/C25H29ClN4/c1-15(2)24-23(18(5)30(28-24)22-11-12-22)25(19-7-9-20(26)10-8-19)27-21-13-16(3)17(4)29(6)14-21/h7-10,13-14,22,25,27H,1,4,11-12H2,2-3,5-6H3. The molecule has 1 aromatic heterocycles. The van der Waals surface area contributed by atoms with Gasteiger partial charge in [0.25, 0.3) is 0 Å². The van der Waals surface area contributed by atoms with Crippen molar-refractivity contribution in [2.45, 2.75) is 45.7 Å². The van der Waals surface area contributed by atoms with Gasteiger partial charge in [0.05, 0.1) is 23.5 Å². The Kier molecular flexibility index (Phi) is 5.37. The summed E-state index contributed by atoms with van der Waals surface area (Å²) >= 11 is 6.19. The van der Waals surface area contributed by atoms with Gasteiger partial charge in [-0.05, 0) is 68.5 Å². The minimum absolute atomic E-state index is 0.0727. The number of hydrogen-bond acceptors (Lipinski definition) is 3. The van der Waals surface area contributed by atoms with Crippen LogP contribution in [-0.2, 0) is 0 Å². The van der Waals surface area contributed by atoms with Crippen molar-refractivity contribution in [3.63, 3.8) is 0 Å². The molecule has 1 aliphatic heterocycles. The average Bonchev–Trinajstić information content (AvgIpc) is 3.48. The molecule has 0 amide bonds. The smallest absolute Gasteiger partial charge is 0.0933 e. The number of allylic oxidation sites excluding steroid dienone is 3. The molecule has 1 aliphatic carbocycles. The molecule has 1 N–H and O–H groups in total. The van der Waals surface area contributed by atoms with Crippen molar-refractivity contribution in [1.29, 1.82) is 0 Å². The van der Waals surface area contributed by atoms with E-state index in [1.165, 1.54) is 24.1 Å². The highest BCUT2D eigenvalue weighted by molar-refractivity contribution is 6.30. The number of halogens is 1. The van der Waals surface area contributed by atoms with Crippen LogP contribution in [-0.4, -0.2) is 21.7 Å².